The van der Waals surface area contributed by atoms with Crippen LogP contribution in [0.15, 0.2) is 24.3 Å². The second-order valence-corrected chi connectivity index (χ2v) is 4.04. The number of nitrogens with one attached hydrogen (secondary N) is 2. The Bertz CT molecular complexity index is 500. The second-order valence-electron chi connectivity index (χ2n) is 4.04. The van der Waals surface area contributed by atoms with Gasteiger partial charge in [0.05, 0.1) is 6.54 Å². The first-order chi connectivity index (χ1) is 8.90. The molecule has 0 heterocycles. The summed E-state index contributed by atoms with van der Waals surface area (Å²) >= 11 is 0. The third-order valence-corrected chi connectivity index (χ3v) is 2.29. The standard InChI is InChI=1S/C12H16N4O3/c1-16(2)10(17)7-14-11(18)8-4-3-5-9(6-8)15-12(13)19/h3-6H,7H2,1-2H3,(H,14,18)(H3,13,15,19). The largest absolute Gasteiger partial charge is 0.351 e. The maximum atomic E-state index is 11.8. The summed E-state index contributed by atoms with van der Waals surface area (Å²) in [5.41, 5.74) is 5.73. The number of nitrogens with two attached hydrogens (primary N) is 1. The Labute approximate surface area is 110 Å². The maximum Gasteiger partial charge on any atom is 0.316 e. The van der Waals surface area contributed by atoms with E-state index >= 15 is 0 Å². The van der Waals surface area contributed by atoms with Gasteiger partial charge in [-0.05, 0) is 18.2 Å². The number of anilines is 1. The molecule has 0 atom stereocenters. The van der Waals surface area contributed by atoms with Crippen molar-refractivity contribution in [1.82, 2.24) is 10.2 Å². The normalized spacial score (nSPS) is 9.58. The molecule has 1 rings (SSSR count). The number of likely N-dealkylation sites (N-methyl/N-ethyl adjacent to an activating group) is 1. The lowest BCUT2D eigenvalue weighted by Crippen LogP contribution is -2.36. The number of hydrogen-bond acceptors (Lipinski definition) is 3. The molecule has 1 aromatic rings. The number of carbonyl (C=O) groups is 3. The zero-order valence-corrected chi connectivity index (χ0v) is 10.8. The third kappa shape index (κ3) is 4.66. The van der Waals surface area contributed by atoms with Crippen molar-refractivity contribution in [1.29, 1.82) is 0 Å². The van der Waals surface area contributed by atoms with E-state index in [2.05, 4.69) is 10.6 Å². The maximum absolute atomic E-state index is 11.8. The summed E-state index contributed by atoms with van der Waals surface area (Å²) < 4.78 is 0. The molecule has 0 fully saturated rings. The molecule has 4 N–H and O–H groups in total. The van der Waals surface area contributed by atoms with E-state index in [1.807, 2.05) is 0 Å². The highest BCUT2D eigenvalue weighted by Crippen LogP contribution is 2.10. The Kier molecular flexibility index (Phi) is 4.87. The zero-order chi connectivity index (χ0) is 14.4. The van der Waals surface area contributed by atoms with Crippen LogP contribution in [0.4, 0.5) is 10.5 Å². The summed E-state index contributed by atoms with van der Waals surface area (Å²) in [5.74, 6) is -0.608. The van der Waals surface area contributed by atoms with E-state index in [-0.39, 0.29) is 12.5 Å². The van der Waals surface area contributed by atoms with Crippen molar-refractivity contribution in [2.45, 2.75) is 0 Å². The van der Waals surface area contributed by atoms with Crippen LogP contribution in [0.3, 0.4) is 0 Å². The van der Waals surface area contributed by atoms with Gasteiger partial charge in [0.25, 0.3) is 5.91 Å². The minimum Gasteiger partial charge on any atom is -0.351 e. The molecule has 0 aliphatic carbocycles. The molecule has 7 heteroatoms. The van der Waals surface area contributed by atoms with Gasteiger partial charge in [0.1, 0.15) is 0 Å². The van der Waals surface area contributed by atoms with Crippen LogP contribution in [-0.2, 0) is 4.79 Å². The lowest BCUT2D eigenvalue weighted by molar-refractivity contribution is -0.127. The van der Waals surface area contributed by atoms with E-state index in [1.165, 1.54) is 11.0 Å². The molecule has 0 saturated heterocycles. The zero-order valence-electron chi connectivity index (χ0n) is 10.8. The molecule has 0 saturated carbocycles. The molecule has 102 valence electrons. The summed E-state index contributed by atoms with van der Waals surface area (Å²) in [6, 6.07) is 5.54. The van der Waals surface area contributed by atoms with Crippen LogP contribution in [0.2, 0.25) is 0 Å². The highest BCUT2D eigenvalue weighted by Gasteiger charge is 2.09. The van der Waals surface area contributed by atoms with Crippen LogP contribution in [-0.4, -0.2) is 43.4 Å². The number of carbonyl (C=O) groups excluding carboxylic acids is 3. The van der Waals surface area contributed by atoms with Gasteiger partial charge >= 0.3 is 6.03 Å². The summed E-state index contributed by atoms with van der Waals surface area (Å²) in [4.78, 5) is 35.2. The van der Waals surface area contributed by atoms with Crippen molar-refractivity contribution in [2.75, 3.05) is 26.0 Å². The predicted octanol–water partition coefficient (Wildman–Crippen LogP) is -0.00480. The monoisotopic (exact) mass is 264 g/mol. The first kappa shape index (κ1) is 14.5. The molecule has 7 nitrogen and oxygen atoms in total. The van der Waals surface area contributed by atoms with Gasteiger partial charge in [0, 0.05) is 25.3 Å². The fourth-order valence-corrected chi connectivity index (χ4v) is 1.30. The number of benzene rings is 1. The Morgan fingerprint density at radius 1 is 1.26 bits per heavy atom. The molecule has 0 radical (unpaired) electrons. The van der Waals surface area contributed by atoms with Gasteiger partial charge in [-0.1, -0.05) is 6.07 Å². The summed E-state index contributed by atoms with van der Waals surface area (Å²) in [6.45, 7) is -0.0840. The fraction of sp³-hybridized carbons (Fsp3) is 0.250. The van der Waals surface area contributed by atoms with E-state index in [9.17, 15) is 14.4 Å². The Balaban J connectivity index is 2.66. The molecule has 4 amide bonds. The molecular formula is C12H16N4O3. The number of primary amides is 1. The molecular weight excluding hydrogens is 248 g/mol. The van der Waals surface area contributed by atoms with Crippen molar-refractivity contribution in [3.05, 3.63) is 29.8 Å². The quantitative estimate of drug-likeness (QED) is 0.712. The van der Waals surface area contributed by atoms with Gasteiger partial charge in [0.15, 0.2) is 0 Å². The molecule has 0 spiro atoms. The topological polar surface area (TPSA) is 105 Å². The smallest absolute Gasteiger partial charge is 0.316 e. The minimum atomic E-state index is -0.708. The SMILES string of the molecule is CN(C)C(=O)CNC(=O)c1cccc(NC(N)=O)c1. The van der Waals surface area contributed by atoms with Crippen LogP contribution in [0.25, 0.3) is 0 Å². The first-order valence-electron chi connectivity index (χ1n) is 5.55. The van der Waals surface area contributed by atoms with E-state index in [0.717, 1.165) is 0 Å². The molecule has 0 bridgehead atoms. The van der Waals surface area contributed by atoms with Crippen LogP contribution in [0.1, 0.15) is 10.4 Å². The van der Waals surface area contributed by atoms with Crippen molar-refractivity contribution in [3.63, 3.8) is 0 Å². The number of rotatable bonds is 4. The van der Waals surface area contributed by atoms with Crippen LogP contribution >= 0.6 is 0 Å². The van der Waals surface area contributed by atoms with Crippen LogP contribution in [0, 0.1) is 0 Å². The molecule has 1 aromatic carbocycles. The highest BCUT2D eigenvalue weighted by molar-refractivity contribution is 5.98. The number of amides is 4. The Hall–Kier alpha value is -2.57. The van der Waals surface area contributed by atoms with Gasteiger partial charge < -0.3 is 21.3 Å². The van der Waals surface area contributed by atoms with Gasteiger partial charge in [-0.2, -0.15) is 0 Å². The summed E-state index contributed by atoms with van der Waals surface area (Å²) in [6.07, 6.45) is 0. The molecule has 0 aliphatic heterocycles. The fourth-order valence-electron chi connectivity index (χ4n) is 1.30. The lowest BCUT2D eigenvalue weighted by atomic mass is 10.2. The van der Waals surface area contributed by atoms with Crippen LogP contribution < -0.4 is 16.4 Å². The Morgan fingerprint density at radius 3 is 2.53 bits per heavy atom. The van der Waals surface area contributed by atoms with Gasteiger partial charge in [-0.15, -0.1) is 0 Å². The van der Waals surface area contributed by atoms with Crippen molar-refractivity contribution < 1.29 is 14.4 Å². The average molecular weight is 264 g/mol. The predicted molar refractivity (Wildman–Crippen MR) is 70.7 cm³/mol. The first-order valence-corrected chi connectivity index (χ1v) is 5.55. The summed E-state index contributed by atoms with van der Waals surface area (Å²) in [5, 5.41) is 4.85. The van der Waals surface area contributed by atoms with Crippen molar-refractivity contribution >= 4 is 23.5 Å². The third-order valence-electron chi connectivity index (χ3n) is 2.29. The van der Waals surface area contributed by atoms with E-state index in [4.69, 9.17) is 5.73 Å². The Morgan fingerprint density at radius 2 is 1.95 bits per heavy atom. The van der Waals surface area contributed by atoms with E-state index in [0.29, 0.717) is 11.3 Å². The van der Waals surface area contributed by atoms with Gasteiger partial charge in [-0.25, -0.2) is 4.79 Å². The van der Waals surface area contributed by atoms with Gasteiger partial charge in [-0.3, -0.25) is 9.59 Å². The minimum absolute atomic E-state index is 0.0840. The summed E-state index contributed by atoms with van der Waals surface area (Å²) in [7, 11) is 3.21. The molecule has 0 aliphatic rings. The van der Waals surface area contributed by atoms with E-state index in [1.54, 1.807) is 32.3 Å². The molecule has 0 aromatic heterocycles. The van der Waals surface area contributed by atoms with Crippen molar-refractivity contribution in [3.8, 4) is 0 Å². The number of urea groups is 1. The number of nitrogens with zero attached hydrogens (tertiary/aromatic N) is 1. The highest BCUT2D eigenvalue weighted by atomic mass is 16.2. The number of hydrogen-bond donors (Lipinski definition) is 3. The van der Waals surface area contributed by atoms with Gasteiger partial charge in [0.2, 0.25) is 5.91 Å². The van der Waals surface area contributed by atoms with E-state index < -0.39 is 11.9 Å². The molecule has 0 unspecified atom stereocenters. The second kappa shape index (κ2) is 6.39. The average Bonchev–Trinajstić information content (AvgIpc) is 2.34. The van der Waals surface area contributed by atoms with Crippen molar-refractivity contribution in [2.24, 2.45) is 5.73 Å². The molecule has 19 heavy (non-hydrogen) atoms. The van der Waals surface area contributed by atoms with Crippen LogP contribution in [0.5, 0.6) is 0 Å². The lowest BCUT2D eigenvalue weighted by Gasteiger charge is -2.11.